The van der Waals surface area contributed by atoms with Crippen LogP contribution in [0.25, 0.3) is 0 Å². The summed E-state index contributed by atoms with van der Waals surface area (Å²) >= 11 is 0. The number of benzene rings is 2. The number of nitrogens with zero attached hydrogens (tertiary/aromatic N) is 2. The van der Waals surface area contributed by atoms with Gasteiger partial charge in [-0.2, -0.15) is 4.31 Å². The Morgan fingerprint density at radius 1 is 1.04 bits per heavy atom. The third-order valence-electron chi connectivity index (χ3n) is 4.92. The number of halogens is 1. The van der Waals surface area contributed by atoms with Crippen molar-refractivity contribution in [1.82, 2.24) is 9.21 Å². The number of hydrogen-bond acceptors (Lipinski definition) is 6. The van der Waals surface area contributed by atoms with Crippen molar-refractivity contribution >= 4 is 10.0 Å². The van der Waals surface area contributed by atoms with Crippen LogP contribution in [0.3, 0.4) is 0 Å². The molecule has 0 spiro atoms. The highest BCUT2D eigenvalue weighted by atomic mass is 32.2. The van der Waals surface area contributed by atoms with Gasteiger partial charge < -0.3 is 14.2 Å². The van der Waals surface area contributed by atoms with Crippen molar-refractivity contribution in [3.8, 4) is 17.2 Å². The number of ether oxygens (including phenoxy) is 3. The van der Waals surface area contributed by atoms with Gasteiger partial charge >= 0.3 is 0 Å². The Hall–Kier alpha value is -2.36. The monoisotopic (exact) mass is 408 g/mol. The van der Waals surface area contributed by atoms with Gasteiger partial charge in [0.2, 0.25) is 16.8 Å². The van der Waals surface area contributed by atoms with Crippen molar-refractivity contribution in [3.05, 3.63) is 47.8 Å². The molecule has 0 aliphatic carbocycles. The standard InChI is InChI=1S/C19H21FN2O5S/c1-25-17-5-3-15(20)11-19(17)28(23,24)22-8-6-21(7-9-22)12-14-2-4-16-18(10-14)27-13-26-16/h2-5,10-11H,6-9,12-13H2,1H3. The lowest BCUT2D eigenvalue weighted by Crippen LogP contribution is -2.48. The van der Waals surface area contributed by atoms with Crippen LogP contribution in [0.5, 0.6) is 17.2 Å². The number of methoxy groups -OCH3 is 1. The minimum absolute atomic E-state index is 0.140. The van der Waals surface area contributed by atoms with Gasteiger partial charge in [0, 0.05) is 32.7 Å². The van der Waals surface area contributed by atoms with Crippen molar-refractivity contribution in [1.29, 1.82) is 0 Å². The topological polar surface area (TPSA) is 68.3 Å². The molecule has 0 radical (unpaired) electrons. The molecule has 1 fully saturated rings. The Kier molecular flexibility index (Phi) is 5.13. The molecule has 2 aliphatic rings. The first-order chi connectivity index (χ1) is 13.5. The van der Waals surface area contributed by atoms with Crippen LogP contribution in [0.2, 0.25) is 0 Å². The van der Waals surface area contributed by atoms with E-state index in [1.807, 2.05) is 18.2 Å². The minimum atomic E-state index is -3.83. The highest BCUT2D eigenvalue weighted by molar-refractivity contribution is 7.89. The Morgan fingerprint density at radius 2 is 1.79 bits per heavy atom. The van der Waals surface area contributed by atoms with Crippen molar-refractivity contribution in [2.45, 2.75) is 11.4 Å². The van der Waals surface area contributed by atoms with E-state index in [4.69, 9.17) is 14.2 Å². The number of sulfonamides is 1. The van der Waals surface area contributed by atoms with Gasteiger partial charge in [-0.05, 0) is 35.9 Å². The average Bonchev–Trinajstić information content (AvgIpc) is 3.16. The summed E-state index contributed by atoms with van der Waals surface area (Å²) in [5.74, 6) is 1.01. The van der Waals surface area contributed by atoms with Gasteiger partial charge in [-0.3, -0.25) is 4.90 Å². The molecular formula is C19H21FN2O5S. The van der Waals surface area contributed by atoms with Crippen LogP contribution in [0, 0.1) is 5.82 Å². The van der Waals surface area contributed by atoms with Crippen LogP contribution in [-0.2, 0) is 16.6 Å². The molecule has 28 heavy (non-hydrogen) atoms. The van der Waals surface area contributed by atoms with Gasteiger partial charge in [0.05, 0.1) is 7.11 Å². The van der Waals surface area contributed by atoms with Gasteiger partial charge in [0.25, 0.3) is 0 Å². The van der Waals surface area contributed by atoms with E-state index in [0.717, 1.165) is 23.1 Å². The Bertz CT molecular complexity index is 974. The highest BCUT2D eigenvalue weighted by Gasteiger charge is 2.31. The second-order valence-corrected chi connectivity index (χ2v) is 8.57. The maximum atomic E-state index is 13.6. The van der Waals surface area contributed by atoms with E-state index in [2.05, 4.69) is 4.90 Å². The van der Waals surface area contributed by atoms with E-state index in [-0.39, 0.29) is 17.4 Å². The molecule has 0 atom stereocenters. The molecule has 0 bridgehead atoms. The fourth-order valence-electron chi connectivity index (χ4n) is 3.42. The summed E-state index contributed by atoms with van der Waals surface area (Å²) in [7, 11) is -2.46. The lowest BCUT2D eigenvalue weighted by molar-refractivity contribution is 0.173. The van der Waals surface area contributed by atoms with Gasteiger partial charge in [0.1, 0.15) is 16.5 Å². The van der Waals surface area contributed by atoms with E-state index >= 15 is 0 Å². The van der Waals surface area contributed by atoms with E-state index in [1.165, 1.54) is 23.5 Å². The van der Waals surface area contributed by atoms with Crippen LogP contribution < -0.4 is 14.2 Å². The van der Waals surface area contributed by atoms with Gasteiger partial charge in [-0.15, -0.1) is 0 Å². The fourth-order valence-corrected chi connectivity index (χ4v) is 5.01. The number of rotatable bonds is 5. The zero-order valence-electron chi connectivity index (χ0n) is 15.4. The highest BCUT2D eigenvalue weighted by Crippen LogP contribution is 2.33. The summed E-state index contributed by atoms with van der Waals surface area (Å²) in [4.78, 5) is 2.03. The summed E-state index contributed by atoms with van der Waals surface area (Å²) < 4.78 is 56.7. The van der Waals surface area contributed by atoms with Crippen LogP contribution in [0.15, 0.2) is 41.3 Å². The van der Waals surface area contributed by atoms with Crippen LogP contribution in [0.4, 0.5) is 4.39 Å². The lowest BCUT2D eigenvalue weighted by atomic mass is 10.2. The summed E-state index contributed by atoms with van der Waals surface area (Å²) in [6.07, 6.45) is 0. The molecule has 0 unspecified atom stereocenters. The Balaban J connectivity index is 1.43. The maximum Gasteiger partial charge on any atom is 0.246 e. The minimum Gasteiger partial charge on any atom is -0.495 e. The third kappa shape index (κ3) is 3.65. The SMILES string of the molecule is COc1ccc(F)cc1S(=O)(=O)N1CCN(Cc2ccc3c(c2)OCO3)CC1. The molecule has 9 heteroatoms. The van der Waals surface area contributed by atoms with Crippen molar-refractivity contribution < 1.29 is 27.0 Å². The molecule has 4 rings (SSSR count). The molecule has 2 aromatic rings. The van der Waals surface area contributed by atoms with Gasteiger partial charge in [-0.1, -0.05) is 6.07 Å². The average molecular weight is 408 g/mol. The van der Waals surface area contributed by atoms with E-state index in [0.29, 0.717) is 32.7 Å². The molecule has 0 saturated carbocycles. The molecule has 0 N–H and O–H groups in total. The van der Waals surface area contributed by atoms with Crippen molar-refractivity contribution in [2.75, 3.05) is 40.1 Å². The molecule has 0 amide bonds. The third-order valence-corrected chi connectivity index (χ3v) is 6.84. The first-order valence-electron chi connectivity index (χ1n) is 8.92. The second-order valence-electron chi connectivity index (χ2n) is 6.66. The molecule has 2 aliphatic heterocycles. The number of piperazine rings is 1. The van der Waals surface area contributed by atoms with Crippen LogP contribution >= 0.6 is 0 Å². The van der Waals surface area contributed by atoms with Crippen molar-refractivity contribution in [2.24, 2.45) is 0 Å². The van der Waals surface area contributed by atoms with Gasteiger partial charge in [0.15, 0.2) is 11.5 Å². The first kappa shape index (κ1) is 19.0. The van der Waals surface area contributed by atoms with E-state index in [9.17, 15) is 12.8 Å². The molecule has 0 aromatic heterocycles. The lowest BCUT2D eigenvalue weighted by Gasteiger charge is -2.34. The van der Waals surface area contributed by atoms with Gasteiger partial charge in [-0.25, -0.2) is 12.8 Å². The number of fused-ring (bicyclic) bond motifs is 1. The van der Waals surface area contributed by atoms with Crippen LogP contribution in [0.1, 0.15) is 5.56 Å². The van der Waals surface area contributed by atoms with Crippen LogP contribution in [-0.4, -0.2) is 57.7 Å². The molecule has 2 aromatic carbocycles. The molecule has 150 valence electrons. The van der Waals surface area contributed by atoms with Crippen molar-refractivity contribution in [3.63, 3.8) is 0 Å². The normalized spacial score (nSPS) is 17.6. The zero-order chi connectivity index (χ0) is 19.7. The Labute approximate surface area is 163 Å². The maximum absolute atomic E-state index is 13.6. The smallest absolute Gasteiger partial charge is 0.246 e. The van der Waals surface area contributed by atoms with E-state index < -0.39 is 15.8 Å². The first-order valence-corrected chi connectivity index (χ1v) is 10.4. The molecule has 7 nitrogen and oxygen atoms in total. The largest absolute Gasteiger partial charge is 0.495 e. The summed E-state index contributed by atoms with van der Waals surface area (Å²) in [5, 5.41) is 0. The summed E-state index contributed by atoms with van der Waals surface area (Å²) in [6, 6.07) is 9.33. The molecule has 2 heterocycles. The quantitative estimate of drug-likeness (QED) is 0.755. The van der Waals surface area contributed by atoms with E-state index in [1.54, 1.807) is 0 Å². The predicted octanol–water partition coefficient (Wildman–Crippen LogP) is 2.07. The summed E-state index contributed by atoms with van der Waals surface area (Å²) in [6.45, 7) is 2.72. The molecule has 1 saturated heterocycles. The predicted molar refractivity (Wildman–Crippen MR) is 99.6 cm³/mol. The summed E-state index contributed by atoms with van der Waals surface area (Å²) in [5.41, 5.74) is 1.08. The Morgan fingerprint density at radius 3 is 2.54 bits per heavy atom. The fraction of sp³-hybridized carbons (Fsp3) is 0.368. The second kappa shape index (κ2) is 7.57. The molecular weight excluding hydrogens is 387 g/mol. The zero-order valence-corrected chi connectivity index (χ0v) is 16.2. The number of hydrogen-bond donors (Lipinski definition) is 0.